The average molecular weight is 213 g/mol. The van der Waals surface area contributed by atoms with Gasteiger partial charge < -0.3 is 9.64 Å². The topological polar surface area (TPSA) is 46.6 Å². The predicted octanol–water partition coefficient (Wildman–Crippen LogP) is 0.851. The highest BCUT2D eigenvalue weighted by Gasteiger charge is 2.22. The monoisotopic (exact) mass is 213 g/mol. The van der Waals surface area contributed by atoms with Crippen molar-refractivity contribution in [1.29, 1.82) is 0 Å². The summed E-state index contributed by atoms with van der Waals surface area (Å²) < 4.78 is 4.98. The molecule has 1 unspecified atom stereocenters. The quantitative estimate of drug-likeness (QED) is 0.695. The molecule has 0 saturated carbocycles. The number of methoxy groups -OCH3 is 1. The molecule has 1 aliphatic heterocycles. The summed E-state index contributed by atoms with van der Waals surface area (Å²) >= 11 is 0. The van der Waals surface area contributed by atoms with Crippen LogP contribution in [0.3, 0.4) is 0 Å². The zero-order chi connectivity index (χ0) is 11.3. The molecule has 86 valence electrons. The number of carbonyl (C=O) groups is 2. The lowest BCUT2D eigenvalue weighted by atomic mass is 10.1. The summed E-state index contributed by atoms with van der Waals surface area (Å²) in [5.41, 5.74) is 0. The molecule has 1 atom stereocenters. The smallest absolute Gasteiger partial charge is 0.223 e. The first-order valence-corrected chi connectivity index (χ1v) is 5.42. The Balaban J connectivity index is 2.35. The molecule has 1 aliphatic rings. The third kappa shape index (κ3) is 4.00. The molecule has 1 amide bonds. The maximum Gasteiger partial charge on any atom is 0.223 e. The standard InChI is InChI=1S/C11H19NO3/c1-9(8-15-2)6-11(14)12-5-3-4-10(13)7-12/h9H,3-8H2,1-2H3. The molecule has 0 aromatic heterocycles. The maximum absolute atomic E-state index is 11.7. The van der Waals surface area contributed by atoms with Crippen LogP contribution in [-0.2, 0) is 14.3 Å². The number of amides is 1. The first kappa shape index (κ1) is 12.2. The van der Waals surface area contributed by atoms with E-state index in [1.807, 2.05) is 6.92 Å². The molecule has 0 aromatic carbocycles. The lowest BCUT2D eigenvalue weighted by molar-refractivity contribution is -0.138. The Morgan fingerprint density at radius 2 is 2.33 bits per heavy atom. The fourth-order valence-corrected chi connectivity index (χ4v) is 1.82. The fourth-order valence-electron chi connectivity index (χ4n) is 1.82. The first-order chi connectivity index (χ1) is 7.13. The molecule has 0 N–H and O–H groups in total. The first-order valence-electron chi connectivity index (χ1n) is 5.42. The van der Waals surface area contributed by atoms with Crippen molar-refractivity contribution in [1.82, 2.24) is 4.90 Å². The van der Waals surface area contributed by atoms with Crippen molar-refractivity contribution in [2.24, 2.45) is 5.92 Å². The number of Topliss-reactive ketones (excluding diaryl/α,β-unsaturated/α-hetero) is 1. The molecule has 4 heteroatoms. The maximum atomic E-state index is 11.7. The number of hydrogen-bond acceptors (Lipinski definition) is 3. The summed E-state index contributed by atoms with van der Waals surface area (Å²) in [5, 5.41) is 0. The summed E-state index contributed by atoms with van der Waals surface area (Å²) in [6.07, 6.45) is 1.90. The van der Waals surface area contributed by atoms with Crippen LogP contribution in [0.5, 0.6) is 0 Å². The van der Waals surface area contributed by atoms with Gasteiger partial charge in [0.05, 0.1) is 6.54 Å². The van der Waals surface area contributed by atoms with E-state index in [-0.39, 0.29) is 17.6 Å². The number of rotatable bonds is 4. The van der Waals surface area contributed by atoms with Gasteiger partial charge in [-0.3, -0.25) is 9.59 Å². The van der Waals surface area contributed by atoms with Gasteiger partial charge in [0, 0.05) is 33.1 Å². The Labute approximate surface area is 90.6 Å². The van der Waals surface area contributed by atoms with Crippen molar-refractivity contribution >= 4 is 11.7 Å². The predicted molar refractivity (Wildman–Crippen MR) is 56.5 cm³/mol. The Morgan fingerprint density at radius 3 is 2.93 bits per heavy atom. The number of ether oxygens (including phenoxy) is 1. The van der Waals surface area contributed by atoms with Gasteiger partial charge in [-0.15, -0.1) is 0 Å². The van der Waals surface area contributed by atoms with Gasteiger partial charge in [0.15, 0.2) is 5.78 Å². The van der Waals surface area contributed by atoms with Gasteiger partial charge in [-0.1, -0.05) is 6.92 Å². The molecule has 0 aromatic rings. The molecular formula is C11H19NO3. The van der Waals surface area contributed by atoms with E-state index in [2.05, 4.69) is 0 Å². The van der Waals surface area contributed by atoms with Crippen molar-refractivity contribution in [2.45, 2.75) is 26.2 Å². The molecule has 1 rings (SSSR count). The highest BCUT2D eigenvalue weighted by molar-refractivity contribution is 5.87. The largest absolute Gasteiger partial charge is 0.384 e. The minimum atomic E-state index is 0.0765. The SMILES string of the molecule is COCC(C)CC(=O)N1CCCC(=O)C1. The van der Waals surface area contributed by atoms with Crippen LogP contribution in [0, 0.1) is 5.92 Å². The van der Waals surface area contributed by atoms with E-state index in [0.717, 1.165) is 13.0 Å². The lowest BCUT2D eigenvalue weighted by Gasteiger charge is -2.26. The zero-order valence-corrected chi connectivity index (χ0v) is 9.49. The van der Waals surface area contributed by atoms with Gasteiger partial charge >= 0.3 is 0 Å². The molecule has 4 nitrogen and oxygen atoms in total. The summed E-state index contributed by atoms with van der Waals surface area (Å²) in [7, 11) is 1.63. The molecule has 0 spiro atoms. The minimum Gasteiger partial charge on any atom is -0.384 e. The van der Waals surface area contributed by atoms with E-state index >= 15 is 0 Å². The summed E-state index contributed by atoms with van der Waals surface area (Å²) in [4.78, 5) is 24.6. The Morgan fingerprint density at radius 1 is 1.60 bits per heavy atom. The van der Waals surface area contributed by atoms with E-state index < -0.39 is 0 Å². The van der Waals surface area contributed by atoms with Crippen LogP contribution in [0.4, 0.5) is 0 Å². The molecule has 0 aliphatic carbocycles. The van der Waals surface area contributed by atoms with Crippen LogP contribution in [0.2, 0.25) is 0 Å². The van der Waals surface area contributed by atoms with Crippen LogP contribution in [-0.4, -0.2) is 43.4 Å². The number of likely N-dealkylation sites (tertiary alicyclic amines) is 1. The molecule has 1 heterocycles. The molecule has 1 fully saturated rings. The lowest BCUT2D eigenvalue weighted by Crippen LogP contribution is -2.40. The van der Waals surface area contributed by atoms with Crippen LogP contribution < -0.4 is 0 Å². The van der Waals surface area contributed by atoms with Crippen LogP contribution in [0.1, 0.15) is 26.2 Å². The number of hydrogen-bond donors (Lipinski definition) is 0. The second-order valence-electron chi connectivity index (χ2n) is 4.22. The number of ketones is 1. The van der Waals surface area contributed by atoms with Gasteiger partial charge in [0.2, 0.25) is 5.91 Å². The van der Waals surface area contributed by atoms with Crippen molar-refractivity contribution in [2.75, 3.05) is 26.8 Å². The minimum absolute atomic E-state index is 0.0765. The van der Waals surface area contributed by atoms with Crippen LogP contribution >= 0.6 is 0 Å². The summed E-state index contributed by atoms with van der Waals surface area (Å²) in [6, 6.07) is 0. The van der Waals surface area contributed by atoms with Gasteiger partial charge in [-0.05, 0) is 12.3 Å². The normalized spacial score (nSPS) is 19.1. The third-order valence-electron chi connectivity index (χ3n) is 2.58. The number of nitrogens with zero attached hydrogens (tertiary/aromatic N) is 1. The molecule has 0 radical (unpaired) electrons. The summed E-state index contributed by atoms with van der Waals surface area (Å²) in [5.74, 6) is 0.473. The molecule has 15 heavy (non-hydrogen) atoms. The van der Waals surface area contributed by atoms with Gasteiger partial charge in [-0.25, -0.2) is 0 Å². The van der Waals surface area contributed by atoms with E-state index in [4.69, 9.17) is 4.74 Å². The van der Waals surface area contributed by atoms with Gasteiger partial charge in [0.1, 0.15) is 0 Å². The van der Waals surface area contributed by atoms with E-state index in [1.54, 1.807) is 12.0 Å². The van der Waals surface area contributed by atoms with E-state index in [0.29, 0.717) is 26.0 Å². The highest BCUT2D eigenvalue weighted by atomic mass is 16.5. The Bertz CT molecular complexity index is 240. The summed E-state index contributed by atoms with van der Waals surface area (Å²) in [6.45, 7) is 3.60. The van der Waals surface area contributed by atoms with Gasteiger partial charge in [0.25, 0.3) is 0 Å². The van der Waals surface area contributed by atoms with Crippen molar-refractivity contribution in [3.63, 3.8) is 0 Å². The Kier molecular flexibility index (Phi) is 4.75. The fraction of sp³-hybridized carbons (Fsp3) is 0.818. The number of piperidine rings is 1. The molecule has 1 saturated heterocycles. The second kappa shape index (κ2) is 5.85. The van der Waals surface area contributed by atoms with Crippen LogP contribution in [0.15, 0.2) is 0 Å². The average Bonchev–Trinajstić information content (AvgIpc) is 2.18. The third-order valence-corrected chi connectivity index (χ3v) is 2.58. The molecular weight excluding hydrogens is 194 g/mol. The van der Waals surface area contributed by atoms with Crippen molar-refractivity contribution in [3.8, 4) is 0 Å². The van der Waals surface area contributed by atoms with E-state index in [1.165, 1.54) is 0 Å². The van der Waals surface area contributed by atoms with E-state index in [9.17, 15) is 9.59 Å². The molecule has 0 bridgehead atoms. The van der Waals surface area contributed by atoms with Crippen molar-refractivity contribution < 1.29 is 14.3 Å². The van der Waals surface area contributed by atoms with Crippen molar-refractivity contribution in [3.05, 3.63) is 0 Å². The Hall–Kier alpha value is -0.900. The highest BCUT2D eigenvalue weighted by Crippen LogP contribution is 2.11. The van der Waals surface area contributed by atoms with Crippen LogP contribution in [0.25, 0.3) is 0 Å². The zero-order valence-electron chi connectivity index (χ0n) is 9.49. The number of carbonyl (C=O) groups excluding carboxylic acids is 2. The van der Waals surface area contributed by atoms with Gasteiger partial charge in [-0.2, -0.15) is 0 Å². The second-order valence-corrected chi connectivity index (χ2v) is 4.22.